The first-order valence-corrected chi connectivity index (χ1v) is 10.1. The van der Waals surface area contributed by atoms with Crippen molar-refractivity contribution in [3.05, 3.63) is 22.2 Å². The zero-order valence-corrected chi connectivity index (χ0v) is 15.1. The Morgan fingerprint density at radius 1 is 1.19 bits per heavy atom. The summed E-state index contributed by atoms with van der Waals surface area (Å²) < 4.78 is 6.10. The lowest BCUT2D eigenvalue weighted by atomic mass is 9.48. The average Bonchev–Trinajstić information content (AvgIpc) is 2.48. The zero-order chi connectivity index (χ0) is 17.9. The molecule has 1 aromatic rings. The molecule has 5 fully saturated rings. The summed E-state index contributed by atoms with van der Waals surface area (Å²) >= 11 is 0. The third kappa shape index (κ3) is 2.65. The fourth-order valence-electron chi connectivity index (χ4n) is 6.56. The first kappa shape index (κ1) is 16.3. The van der Waals surface area contributed by atoms with Crippen LogP contribution in [0, 0.1) is 23.2 Å². The van der Waals surface area contributed by atoms with Crippen LogP contribution in [0.1, 0.15) is 69.4 Å². The quantitative estimate of drug-likeness (QED) is 0.846. The molecule has 0 saturated heterocycles. The standard InChI is InChI=1S/C20H27N3O3/c21-18(24)17(20-8-11-4-12(9-20)6-13(5-11)10-20)26-16-7-15(14-2-1-3-14)22-19(25)23-16/h7,11-14,17H,1-6,8-10H2,(H2,21,24)(H,22,23,25). The average molecular weight is 357 g/mol. The van der Waals surface area contributed by atoms with Crippen LogP contribution in [-0.4, -0.2) is 22.0 Å². The fraction of sp³-hybridized carbons (Fsp3) is 0.750. The Morgan fingerprint density at radius 3 is 2.31 bits per heavy atom. The summed E-state index contributed by atoms with van der Waals surface area (Å²) in [7, 11) is 0. The molecule has 26 heavy (non-hydrogen) atoms. The topological polar surface area (TPSA) is 98.1 Å². The number of aromatic nitrogens is 2. The number of H-pyrrole nitrogens is 1. The number of nitrogens with two attached hydrogens (primary N) is 1. The molecule has 1 unspecified atom stereocenters. The Labute approximate surface area is 152 Å². The molecule has 4 bridgehead atoms. The third-order valence-corrected chi connectivity index (χ3v) is 7.43. The van der Waals surface area contributed by atoms with Crippen molar-refractivity contribution in [2.45, 2.75) is 69.8 Å². The van der Waals surface area contributed by atoms with Crippen molar-refractivity contribution in [2.75, 3.05) is 0 Å². The smallest absolute Gasteiger partial charge is 0.348 e. The molecule has 6 heteroatoms. The predicted octanol–water partition coefficient (Wildman–Crippen LogP) is 2.49. The molecule has 0 aromatic carbocycles. The van der Waals surface area contributed by atoms with Crippen molar-refractivity contribution < 1.29 is 9.53 Å². The third-order valence-electron chi connectivity index (χ3n) is 7.43. The van der Waals surface area contributed by atoms with E-state index in [0.29, 0.717) is 23.7 Å². The molecule has 3 N–H and O–H groups in total. The highest BCUT2D eigenvalue weighted by Gasteiger charge is 2.56. The molecule has 1 atom stereocenters. The van der Waals surface area contributed by atoms with Crippen LogP contribution in [0.4, 0.5) is 0 Å². The van der Waals surface area contributed by atoms with E-state index in [0.717, 1.165) is 37.8 Å². The van der Waals surface area contributed by atoms with Gasteiger partial charge >= 0.3 is 5.69 Å². The molecule has 5 saturated carbocycles. The number of primary amides is 1. The lowest BCUT2D eigenvalue weighted by Gasteiger charge is -2.58. The van der Waals surface area contributed by atoms with Gasteiger partial charge in [0.25, 0.3) is 5.91 Å². The van der Waals surface area contributed by atoms with Gasteiger partial charge in [-0.25, -0.2) is 4.79 Å². The van der Waals surface area contributed by atoms with Gasteiger partial charge in [0.05, 0.1) is 0 Å². The number of ether oxygens (including phenoxy) is 1. The highest BCUT2D eigenvalue weighted by Crippen LogP contribution is 2.61. The number of carbonyl (C=O) groups is 1. The molecular weight excluding hydrogens is 330 g/mol. The Hall–Kier alpha value is -1.85. The van der Waals surface area contributed by atoms with E-state index in [9.17, 15) is 9.59 Å². The van der Waals surface area contributed by atoms with Gasteiger partial charge in [0.15, 0.2) is 6.10 Å². The van der Waals surface area contributed by atoms with Crippen LogP contribution < -0.4 is 16.2 Å². The van der Waals surface area contributed by atoms with E-state index in [1.54, 1.807) is 0 Å². The number of hydrogen-bond donors (Lipinski definition) is 2. The van der Waals surface area contributed by atoms with Gasteiger partial charge < -0.3 is 15.5 Å². The van der Waals surface area contributed by atoms with E-state index >= 15 is 0 Å². The highest BCUT2D eigenvalue weighted by atomic mass is 16.5. The zero-order valence-electron chi connectivity index (χ0n) is 15.1. The molecular formula is C20H27N3O3. The summed E-state index contributed by atoms with van der Waals surface area (Å²) in [6.45, 7) is 0. The van der Waals surface area contributed by atoms with Crippen molar-refractivity contribution in [1.29, 1.82) is 0 Å². The maximum atomic E-state index is 12.4. The first-order valence-electron chi connectivity index (χ1n) is 10.1. The molecule has 1 heterocycles. The minimum atomic E-state index is -0.681. The number of carbonyl (C=O) groups excluding carboxylic acids is 1. The monoisotopic (exact) mass is 357 g/mol. The first-order chi connectivity index (χ1) is 12.5. The molecule has 1 amide bonds. The second-order valence-corrected chi connectivity index (χ2v) is 9.29. The second-order valence-electron chi connectivity index (χ2n) is 9.29. The van der Waals surface area contributed by atoms with Crippen LogP contribution in [0.5, 0.6) is 5.88 Å². The normalized spacial score (nSPS) is 36.5. The second kappa shape index (κ2) is 5.83. The maximum Gasteiger partial charge on any atom is 0.348 e. The number of hydrogen-bond acceptors (Lipinski definition) is 4. The Morgan fingerprint density at radius 2 is 1.81 bits per heavy atom. The van der Waals surface area contributed by atoms with Crippen LogP contribution in [0.15, 0.2) is 10.9 Å². The number of aromatic amines is 1. The van der Waals surface area contributed by atoms with Crippen LogP contribution in [-0.2, 0) is 4.79 Å². The van der Waals surface area contributed by atoms with Crippen LogP contribution in [0.25, 0.3) is 0 Å². The largest absolute Gasteiger partial charge is 0.463 e. The lowest BCUT2D eigenvalue weighted by Crippen LogP contribution is -2.57. The maximum absolute atomic E-state index is 12.4. The van der Waals surface area contributed by atoms with Crippen molar-refractivity contribution in [1.82, 2.24) is 9.97 Å². The van der Waals surface area contributed by atoms with Crippen LogP contribution in [0.2, 0.25) is 0 Å². The van der Waals surface area contributed by atoms with Gasteiger partial charge in [0.2, 0.25) is 5.88 Å². The number of nitrogens with one attached hydrogen (secondary N) is 1. The molecule has 5 aliphatic carbocycles. The Balaban J connectivity index is 1.45. The fourth-order valence-corrected chi connectivity index (χ4v) is 6.56. The van der Waals surface area contributed by atoms with Gasteiger partial charge in [0.1, 0.15) is 0 Å². The minimum absolute atomic E-state index is 0.165. The number of rotatable bonds is 5. The molecule has 0 spiro atoms. The molecule has 6 rings (SSSR count). The van der Waals surface area contributed by atoms with Gasteiger partial charge in [-0.3, -0.25) is 4.79 Å². The van der Waals surface area contributed by atoms with Crippen molar-refractivity contribution in [3.8, 4) is 5.88 Å². The SMILES string of the molecule is NC(=O)C(Oc1cc(C2CCC2)[nH]c(=O)n1)C12CC3CC(CC(C3)C1)C2. The summed E-state index contributed by atoms with van der Waals surface area (Å²) in [6.07, 6.45) is 9.59. The van der Waals surface area contributed by atoms with Gasteiger partial charge in [-0.15, -0.1) is 0 Å². The summed E-state index contributed by atoms with van der Waals surface area (Å²) in [5.41, 5.74) is 6.11. The van der Waals surface area contributed by atoms with E-state index in [2.05, 4.69) is 9.97 Å². The van der Waals surface area contributed by atoms with E-state index in [1.165, 1.54) is 25.7 Å². The highest BCUT2D eigenvalue weighted by molar-refractivity contribution is 5.80. The van der Waals surface area contributed by atoms with E-state index in [1.807, 2.05) is 6.07 Å². The van der Waals surface area contributed by atoms with Crippen LogP contribution >= 0.6 is 0 Å². The summed E-state index contributed by atoms with van der Waals surface area (Å²) in [5, 5.41) is 0. The molecule has 0 aliphatic heterocycles. The number of nitrogens with zero attached hydrogens (tertiary/aromatic N) is 1. The Bertz CT molecular complexity index is 747. The van der Waals surface area contributed by atoms with Gasteiger partial charge in [-0.1, -0.05) is 6.42 Å². The molecule has 5 aliphatic rings. The molecule has 140 valence electrons. The number of amides is 1. The van der Waals surface area contributed by atoms with E-state index < -0.39 is 17.7 Å². The van der Waals surface area contributed by atoms with Gasteiger partial charge in [0, 0.05) is 17.2 Å². The minimum Gasteiger partial charge on any atom is -0.463 e. The van der Waals surface area contributed by atoms with Crippen molar-refractivity contribution in [3.63, 3.8) is 0 Å². The summed E-state index contributed by atoms with van der Waals surface area (Å²) in [5.74, 6) is 2.31. The predicted molar refractivity (Wildman–Crippen MR) is 95.7 cm³/mol. The summed E-state index contributed by atoms with van der Waals surface area (Å²) in [4.78, 5) is 31.2. The van der Waals surface area contributed by atoms with E-state index in [-0.39, 0.29) is 11.3 Å². The lowest BCUT2D eigenvalue weighted by molar-refractivity contribution is -0.148. The summed E-state index contributed by atoms with van der Waals surface area (Å²) in [6, 6.07) is 1.81. The van der Waals surface area contributed by atoms with Crippen molar-refractivity contribution >= 4 is 5.91 Å². The van der Waals surface area contributed by atoms with Gasteiger partial charge in [-0.05, 0) is 75.0 Å². The molecule has 1 aromatic heterocycles. The van der Waals surface area contributed by atoms with Gasteiger partial charge in [-0.2, -0.15) is 4.98 Å². The van der Waals surface area contributed by atoms with Crippen molar-refractivity contribution in [2.24, 2.45) is 28.9 Å². The molecule has 0 radical (unpaired) electrons. The van der Waals surface area contributed by atoms with E-state index in [4.69, 9.17) is 10.5 Å². The Kier molecular flexibility index (Phi) is 3.66. The molecule has 6 nitrogen and oxygen atoms in total. The van der Waals surface area contributed by atoms with Crippen LogP contribution in [0.3, 0.4) is 0 Å².